The first-order valence-corrected chi connectivity index (χ1v) is 8.45. The normalized spacial score (nSPS) is 15.3. The van der Waals surface area contributed by atoms with Crippen molar-refractivity contribution in [2.75, 3.05) is 13.1 Å². The van der Waals surface area contributed by atoms with Gasteiger partial charge in [-0.25, -0.2) is 0 Å². The SMILES string of the molecule is Cn1nccc1C(=O)C1CCN(C(=O)c2cc(-c3ccco3)on2)CC1. The van der Waals surface area contributed by atoms with Crippen molar-refractivity contribution in [2.24, 2.45) is 13.0 Å². The first-order chi connectivity index (χ1) is 12.6. The molecule has 3 aromatic rings. The maximum atomic E-state index is 12.6. The van der Waals surface area contributed by atoms with E-state index in [0.717, 1.165) is 0 Å². The maximum Gasteiger partial charge on any atom is 0.276 e. The average molecular weight is 354 g/mol. The lowest BCUT2D eigenvalue weighted by Crippen LogP contribution is -2.40. The number of amides is 1. The molecular weight excluding hydrogens is 336 g/mol. The molecule has 0 aromatic carbocycles. The number of aromatic nitrogens is 3. The van der Waals surface area contributed by atoms with Crippen molar-refractivity contribution >= 4 is 11.7 Å². The Kier molecular flexibility index (Phi) is 4.16. The van der Waals surface area contributed by atoms with Crippen molar-refractivity contribution in [3.63, 3.8) is 0 Å². The summed E-state index contributed by atoms with van der Waals surface area (Å²) in [6.45, 7) is 1.02. The molecule has 0 aliphatic carbocycles. The van der Waals surface area contributed by atoms with Gasteiger partial charge in [0.05, 0.1) is 6.26 Å². The third kappa shape index (κ3) is 2.94. The molecule has 0 unspecified atom stereocenters. The molecule has 8 heteroatoms. The van der Waals surface area contributed by atoms with Crippen LogP contribution in [0, 0.1) is 5.92 Å². The minimum Gasteiger partial charge on any atom is -0.461 e. The first kappa shape index (κ1) is 16.3. The predicted octanol–water partition coefficient (Wildman–Crippen LogP) is 2.40. The Morgan fingerprint density at radius 3 is 2.65 bits per heavy atom. The van der Waals surface area contributed by atoms with Gasteiger partial charge in [-0.3, -0.25) is 14.3 Å². The molecule has 0 saturated carbocycles. The number of likely N-dealkylation sites (tertiary alicyclic amines) is 1. The molecule has 8 nitrogen and oxygen atoms in total. The molecule has 1 aliphatic heterocycles. The molecule has 0 bridgehead atoms. The number of Topliss-reactive ketones (excluding diaryl/α,β-unsaturated/α-hetero) is 1. The van der Waals surface area contributed by atoms with E-state index in [0.29, 0.717) is 43.1 Å². The number of nitrogens with zero attached hydrogens (tertiary/aromatic N) is 4. The minimum absolute atomic E-state index is 0.0821. The van der Waals surface area contributed by atoms with Gasteiger partial charge in [0.15, 0.2) is 17.2 Å². The van der Waals surface area contributed by atoms with Crippen molar-refractivity contribution in [3.8, 4) is 11.5 Å². The number of ketones is 1. The third-order valence-electron chi connectivity index (χ3n) is 4.72. The largest absolute Gasteiger partial charge is 0.461 e. The zero-order chi connectivity index (χ0) is 18.1. The number of rotatable bonds is 4. The quantitative estimate of drug-likeness (QED) is 0.668. The summed E-state index contributed by atoms with van der Waals surface area (Å²) in [6, 6.07) is 6.78. The molecule has 0 radical (unpaired) electrons. The summed E-state index contributed by atoms with van der Waals surface area (Å²) in [5.41, 5.74) is 0.849. The Balaban J connectivity index is 1.39. The summed E-state index contributed by atoms with van der Waals surface area (Å²) < 4.78 is 12.0. The molecule has 1 fully saturated rings. The third-order valence-corrected chi connectivity index (χ3v) is 4.72. The zero-order valence-electron chi connectivity index (χ0n) is 14.3. The van der Waals surface area contributed by atoms with E-state index < -0.39 is 0 Å². The zero-order valence-corrected chi connectivity index (χ0v) is 14.3. The van der Waals surface area contributed by atoms with Crippen LogP contribution in [-0.4, -0.2) is 44.6 Å². The molecule has 4 heterocycles. The summed E-state index contributed by atoms with van der Waals surface area (Å²) in [6.07, 6.45) is 4.40. The van der Waals surface area contributed by atoms with Gasteiger partial charge in [0, 0.05) is 38.3 Å². The number of carbonyl (C=O) groups is 2. The second-order valence-corrected chi connectivity index (χ2v) is 6.32. The van der Waals surface area contributed by atoms with Crippen molar-refractivity contribution < 1.29 is 18.5 Å². The second-order valence-electron chi connectivity index (χ2n) is 6.32. The summed E-state index contributed by atoms with van der Waals surface area (Å²) in [5, 5.41) is 7.89. The van der Waals surface area contributed by atoms with Crippen molar-refractivity contribution in [1.82, 2.24) is 19.8 Å². The average Bonchev–Trinajstić information content (AvgIpc) is 3.41. The molecule has 26 heavy (non-hydrogen) atoms. The lowest BCUT2D eigenvalue weighted by atomic mass is 9.91. The van der Waals surface area contributed by atoms with E-state index in [1.165, 1.54) is 6.26 Å². The van der Waals surface area contributed by atoms with E-state index in [-0.39, 0.29) is 23.3 Å². The fourth-order valence-electron chi connectivity index (χ4n) is 3.24. The van der Waals surface area contributed by atoms with Crippen LogP contribution in [0.15, 0.2) is 45.7 Å². The van der Waals surface area contributed by atoms with Crippen LogP contribution in [0.3, 0.4) is 0 Å². The van der Waals surface area contributed by atoms with Gasteiger partial charge < -0.3 is 13.8 Å². The molecule has 0 N–H and O–H groups in total. The van der Waals surface area contributed by atoms with E-state index >= 15 is 0 Å². The van der Waals surface area contributed by atoms with Gasteiger partial charge in [0.25, 0.3) is 5.91 Å². The number of carbonyl (C=O) groups excluding carboxylic acids is 2. The monoisotopic (exact) mass is 354 g/mol. The van der Waals surface area contributed by atoms with Crippen molar-refractivity contribution in [2.45, 2.75) is 12.8 Å². The Morgan fingerprint density at radius 2 is 2.00 bits per heavy atom. The van der Waals surface area contributed by atoms with Gasteiger partial charge in [-0.15, -0.1) is 0 Å². The number of furan rings is 1. The van der Waals surface area contributed by atoms with Crippen LogP contribution < -0.4 is 0 Å². The number of aryl methyl sites for hydroxylation is 1. The first-order valence-electron chi connectivity index (χ1n) is 8.45. The van der Waals surface area contributed by atoms with E-state index in [9.17, 15) is 9.59 Å². The van der Waals surface area contributed by atoms with E-state index in [1.54, 1.807) is 47.1 Å². The van der Waals surface area contributed by atoms with Crippen LogP contribution in [0.4, 0.5) is 0 Å². The molecule has 0 spiro atoms. The Bertz CT molecular complexity index is 917. The highest BCUT2D eigenvalue weighted by Crippen LogP contribution is 2.25. The summed E-state index contributed by atoms with van der Waals surface area (Å²) in [7, 11) is 1.76. The standard InChI is InChI=1S/C18H18N4O4/c1-21-14(4-7-19-21)17(23)12-5-8-22(9-6-12)18(24)13-11-16(26-20-13)15-3-2-10-25-15/h2-4,7,10-12H,5-6,8-9H2,1H3. The van der Waals surface area contributed by atoms with Crippen LogP contribution >= 0.6 is 0 Å². The van der Waals surface area contributed by atoms with E-state index in [2.05, 4.69) is 10.3 Å². The number of hydrogen-bond acceptors (Lipinski definition) is 6. The Labute approximate surface area is 149 Å². The van der Waals surface area contributed by atoms with Crippen LogP contribution in [0.1, 0.15) is 33.8 Å². The Morgan fingerprint density at radius 1 is 1.19 bits per heavy atom. The summed E-state index contributed by atoms with van der Waals surface area (Å²) in [4.78, 5) is 26.9. The highest BCUT2D eigenvalue weighted by molar-refractivity contribution is 5.97. The number of hydrogen-bond donors (Lipinski definition) is 0. The lowest BCUT2D eigenvalue weighted by Gasteiger charge is -2.30. The highest BCUT2D eigenvalue weighted by atomic mass is 16.5. The van der Waals surface area contributed by atoms with Crippen LogP contribution in [0.2, 0.25) is 0 Å². The van der Waals surface area contributed by atoms with E-state index in [1.807, 2.05) is 0 Å². The summed E-state index contributed by atoms with van der Waals surface area (Å²) >= 11 is 0. The predicted molar refractivity (Wildman–Crippen MR) is 90.4 cm³/mol. The molecule has 0 atom stereocenters. The van der Waals surface area contributed by atoms with Crippen LogP contribution in [0.25, 0.3) is 11.5 Å². The topological polar surface area (TPSA) is 94.4 Å². The van der Waals surface area contributed by atoms with Gasteiger partial charge >= 0.3 is 0 Å². The molecular formula is C18H18N4O4. The number of piperidine rings is 1. The molecule has 1 aliphatic rings. The van der Waals surface area contributed by atoms with Crippen molar-refractivity contribution in [1.29, 1.82) is 0 Å². The van der Waals surface area contributed by atoms with Gasteiger partial charge in [-0.2, -0.15) is 5.10 Å². The van der Waals surface area contributed by atoms with Gasteiger partial charge in [0.2, 0.25) is 5.76 Å². The van der Waals surface area contributed by atoms with Crippen LogP contribution in [0.5, 0.6) is 0 Å². The summed E-state index contributed by atoms with van der Waals surface area (Å²) in [5.74, 6) is 0.735. The highest BCUT2D eigenvalue weighted by Gasteiger charge is 2.30. The molecule has 4 rings (SSSR count). The molecule has 134 valence electrons. The van der Waals surface area contributed by atoms with Crippen LogP contribution in [-0.2, 0) is 7.05 Å². The molecule has 3 aromatic heterocycles. The van der Waals surface area contributed by atoms with Gasteiger partial charge in [0.1, 0.15) is 5.69 Å². The van der Waals surface area contributed by atoms with Gasteiger partial charge in [-0.05, 0) is 31.0 Å². The smallest absolute Gasteiger partial charge is 0.276 e. The fraction of sp³-hybridized carbons (Fsp3) is 0.333. The minimum atomic E-state index is -0.196. The Hall–Kier alpha value is -3.16. The lowest BCUT2D eigenvalue weighted by molar-refractivity contribution is 0.0639. The second kappa shape index (κ2) is 6.62. The maximum absolute atomic E-state index is 12.6. The molecule has 1 amide bonds. The van der Waals surface area contributed by atoms with Crippen molar-refractivity contribution in [3.05, 3.63) is 48.1 Å². The van der Waals surface area contributed by atoms with Gasteiger partial charge in [-0.1, -0.05) is 5.16 Å². The molecule has 1 saturated heterocycles. The van der Waals surface area contributed by atoms with E-state index in [4.69, 9.17) is 8.94 Å². The fourth-order valence-corrected chi connectivity index (χ4v) is 3.24.